The smallest absolute Gasteiger partial charge is 0.160 e. The van der Waals surface area contributed by atoms with Crippen molar-refractivity contribution in [2.75, 3.05) is 0 Å². The molecule has 0 bridgehead atoms. The zero-order chi connectivity index (χ0) is 23.4. The molecule has 0 N–H and O–H groups in total. The van der Waals surface area contributed by atoms with Crippen LogP contribution in [0.5, 0.6) is 0 Å². The van der Waals surface area contributed by atoms with E-state index in [2.05, 4.69) is 18.8 Å². The first-order valence-corrected chi connectivity index (χ1v) is 11.5. The summed E-state index contributed by atoms with van der Waals surface area (Å²) in [6.45, 7) is 2.15. The Balaban J connectivity index is 1.51. The normalized spacial score (nSPS) is 15.0. The van der Waals surface area contributed by atoms with Crippen molar-refractivity contribution < 1.29 is 17.6 Å². The standard InChI is InChI=1S/C29H26F4/c1-2-3-4-5-19-7-12-25(28(32)14-19)22-11-10-21-16-23(27(31)18-24(21)17-22)9-6-20-8-13-26(30)29(33)15-20/h7-8,12-16,18,22H,2-5,10-11,17H2,1H3. The Morgan fingerprint density at radius 1 is 0.788 bits per heavy atom. The average molecular weight is 451 g/mol. The minimum absolute atomic E-state index is 0.0146. The highest BCUT2D eigenvalue weighted by atomic mass is 19.2. The van der Waals surface area contributed by atoms with Crippen LogP contribution in [-0.2, 0) is 19.3 Å². The number of hydrogen-bond donors (Lipinski definition) is 0. The van der Waals surface area contributed by atoms with E-state index in [1.807, 2.05) is 12.1 Å². The van der Waals surface area contributed by atoms with Crippen LogP contribution in [0.4, 0.5) is 17.6 Å². The molecule has 3 aromatic rings. The number of hydrogen-bond acceptors (Lipinski definition) is 0. The summed E-state index contributed by atoms with van der Waals surface area (Å²) >= 11 is 0. The van der Waals surface area contributed by atoms with Crippen LogP contribution >= 0.6 is 0 Å². The van der Waals surface area contributed by atoms with Gasteiger partial charge < -0.3 is 0 Å². The first-order chi connectivity index (χ1) is 15.9. The summed E-state index contributed by atoms with van der Waals surface area (Å²) in [5, 5.41) is 0. The van der Waals surface area contributed by atoms with Gasteiger partial charge in [0.15, 0.2) is 11.6 Å². The molecule has 0 fully saturated rings. The summed E-state index contributed by atoms with van der Waals surface area (Å²) < 4.78 is 56.0. The minimum atomic E-state index is -0.986. The topological polar surface area (TPSA) is 0 Å². The molecular formula is C29H26F4. The Morgan fingerprint density at radius 3 is 2.39 bits per heavy atom. The lowest BCUT2D eigenvalue weighted by Crippen LogP contribution is -2.15. The number of rotatable bonds is 5. The van der Waals surface area contributed by atoms with E-state index in [1.165, 1.54) is 12.1 Å². The fraction of sp³-hybridized carbons (Fsp3) is 0.310. The number of halogens is 4. The van der Waals surface area contributed by atoms with E-state index in [1.54, 1.807) is 12.1 Å². The van der Waals surface area contributed by atoms with Gasteiger partial charge in [0.1, 0.15) is 11.6 Å². The molecule has 0 radical (unpaired) electrons. The van der Waals surface area contributed by atoms with Crippen molar-refractivity contribution in [1.29, 1.82) is 0 Å². The van der Waals surface area contributed by atoms with Crippen LogP contribution in [0.1, 0.15) is 71.9 Å². The third-order valence-electron chi connectivity index (χ3n) is 6.35. The monoisotopic (exact) mass is 450 g/mol. The van der Waals surface area contributed by atoms with E-state index in [-0.39, 0.29) is 22.9 Å². The van der Waals surface area contributed by atoms with Crippen molar-refractivity contribution in [3.05, 3.63) is 105 Å². The molecule has 0 heterocycles. The predicted octanol–water partition coefficient (Wildman–Crippen LogP) is 7.65. The third kappa shape index (κ3) is 5.47. The highest BCUT2D eigenvalue weighted by molar-refractivity contribution is 5.48. The molecule has 0 amide bonds. The number of aryl methyl sites for hydroxylation is 2. The Hall–Kier alpha value is -3.06. The molecule has 1 aliphatic rings. The second-order valence-electron chi connectivity index (χ2n) is 8.73. The molecule has 1 aliphatic carbocycles. The second-order valence-corrected chi connectivity index (χ2v) is 8.73. The third-order valence-corrected chi connectivity index (χ3v) is 6.35. The van der Waals surface area contributed by atoms with Gasteiger partial charge in [-0.25, -0.2) is 17.6 Å². The molecule has 0 aliphatic heterocycles. The van der Waals surface area contributed by atoms with Crippen molar-refractivity contribution in [1.82, 2.24) is 0 Å². The molecule has 1 unspecified atom stereocenters. The van der Waals surface area contributed by atoms with Crippen LogP contribution in [-0.4, -0.2) is 0 Å². The number of benzene rings is 3. The molecule has 4 heteroatoms. The first-order valence-electron chi connectivity index (χ1n) is 11.5. The maximum atomic E-state index is 14.8. The molecule has 3 aromatic carbocycles. The largest absolute Gasteiger partial charge is 0.207 e. The Kier molecular flexibility index (Phi) is 7.18. The van der Waals surface area contributed by atoms with Gasteiger partial charge in [-0.3, -0.25) is 0 Å². The number of fused-ring (bicyclic) bond motifs is 1. The Labute approximate surface area is 192 Å². The zero-order valence-electron chi connectivity index (χ0n) is 18.7. The van der Waals surface area contributed by atoms with Crippen molar-refractivity contribution in [2.45, 2.75) is 57.8 Å². The van der Waals surface area contributed by atoms with Crippen molar-refractivity contribution in [2.24, 2.45) is 0 Å². The first kappa shape index (κ1) is 23.1. The maximum absolute atomic E-state index is 14.8. The van der Waals surface area contributed by atoms with Crippen LogP contribution < -0.4 is 0 Å². The molecule has 0 saturated carbocycles. The van der Waals surface area contributed by atoms with E-state index in [9.17, 15) is 17.6 Å². The molecule has 170 valence electrons. The van der Waals surface area contributed by atoms with Crippen LogP contribution in [0.3, 0.4) is 0 Å². The highest BCUT2D eigenvalue weighted by Gasteiger charge is 2.24. The summed E-state index contributed by atoms with van der Waals surface area (Å²) in [5.41, 5.74) is 4.09. The predicted molar refractivity (Wildman–Crippen MR) is 123 cm³/mol. The van der Waals surface area contributed by atoms with E-state index in [0.29, 0.717) is 18.4 Å². The zero-order valence-corrected chi connectivity index (χ0v) is 18.7. The van der Waals surface area contributed by atoms with Crippen molar-refractivity contribution in [3.8, 4) is 11.8 Å². The summed E-state index contributed by atoms with van der Waals surface area (Å²) in [6, 6.07) is 12.1. The van der Waals surface area contributed by atoms with Gasteiger partial charge in [-0.2, -0.15) is 0 Å². The number of unbranched alkanes of at least 4 members (excludes halogenated alkanes) is 2. The van der Waals surface area contributed by atoms with Crippen LogP contribution in [0.2, 0.25) is 0 Å². The average Bonchev–Trinajstić information content (AvgIpc) is 2.80. The van der Waals surface area contributed by atoms with Crippen LogP contribution in [0, 0.1) is 35.1 Å². The highest BCUT2D eigenvalue weighted by Crippen LogP contribution is 2.35. The minimum Gasteiger partial charge on any atom is -0.207 e. The molecule has 0 nitrogen and oxygen atoms in total. The molecule has 4 rings (SSSR count). The molecule has 33 heavy (non-hydrogen) atoms. The second kappa shape index (κ2) is 10.3. The van der Waals surface area contributed by atoms with E-state index in [4.69, 9.17) is 0 Å². The summed E-state index contributed by atoms with van der Waals surface area (Å²) in [4.78, 5) is 0. The van der Waals surface area contributed by atoms with Gasteiger partial charge in [-0.15, -0.1) is 0 Å². The summed E-state index contributed by atoms with van der Waals surface area (Å²) in [5.74, 6) is 2.87. The lowest BCUT2D eigenvalue weighted by molar-refractivity contribution is 0.508. The van der Waals surface area contributed by atoms with Gasteiger partial charge in [0.25, 0.3) is 0 Å². The van der Waals surface area contributed by atoms with Gasteiger partial charge in [-0.05, 0) is 96.7 Å². The fourth-order valence-electron chi connectivity index (χ4n) is 4.49. The van der Waals surface area contributed by atoms with Gasteiger partial charge in [-0.1, -0.05) is 43.7 Å². The molecule has 0 spiro atoms. The maximum Gasteiger partial charge on any atom is 0.160 e. The molecule has 0 aromatic heterocycles. The van der Waals surface area contributed by atoms with Gasteiger partial charge in [0.2, 0.25) is 0 Å². The van der Waals surface area contributed by atoms with Crippen LogP contribution in [0.15, 0.2) is 48.5 Å². The summed E-state index contributed by atoms with van der Waals surface area (Å²) in [6.07, 6.45) is 6.29. The summed E-state index contributed by atoms with van der Waals surface area (Å²) in [7, 11) is 0. The Bertz CT molecular complexity index is 1220. The molecular weight excluding hydrogens is 424 g/mol. The van der Waals surface area contributed by atoms with Crippen molar-refractivity contribution >= 4 is 0 Å². The van der Waals surface area contributed by atoms with E-state index < -0.39 is 17.5 Å². The molecule has 1 atom stereocenters. The van der Waals surface area contributed by atoms with Gasteiger partial charge >= 0.3 is 0 Å². The quantitative estimate of drug-likeness (QED) is 0.213. The van der Waals surface area contributed by atoms with E-state index in [0.717, 1.165) is 60.9 Å². The lowest BCUT2D eigenvalue weighted by atomic mass is 9.79. The molecule has 0 saturated heterocycles. The van der Waals surface area contributed by atoms with Gasteiger partial charge in [0, 0.05) is 5.56 Å². The van der Waals surface area contributed by atoms with Gasteiger partial charge in [0.05, 0.1) is 5.56 Å². The fourth-order valence-corrected chi connectivity index (χ4v) is 4.49. The van der Waals surface area contributed by atoms with Crippen LogP contribution in [0.25, 0.3) is 0 Å². The lowest BCUT2D eigenvalue weighted by Gasteiger charge is -2.26. The van der Waals surface area contributed by atoms with E-state index >= 15 is 0 Å². The van der Waals surface area contributed by atoms with Crippen molar-refractivity contribution in [3.63, 3.8) is 0 Å². The SMILES string of the molecule is CCCCCc1ccc(C2CCc3cc(C#Cc4ccc(F)c(F)c4)c(F)cc3C2)c(F)c1. The Morgan fingerprint density at radius 2 is 1.64 bits per heavy atom.